The maximum atomic E-state index is 5.21. The number of hydrogen-bond donors (Lipinski definition) is 1. The smallest absolute Gasteiger partial charge is 0.107 e. The Morgan fingerprint density at radius 2 is 2.35 bits per heavy atom. The van der Waals surface area contributed by atoms with Gasteiger partial charge >= 0.3 is 0 Å². The van der Waals surface area contributed by atoms with Crippen molar-refractivity contribution in [2.24, 2.45) is 0 Å². The number of hydrogen-bond acceptors (Lipinski definition) is 5. The topological polar surface area (TPSA) is 37.4 Å². The van der Waals surface area contributed by atoms with E-state index >= 15 is 0 Å². The number of thiazole rings is 1. The lowest BCUT2D eigenvalue weighted by Crippen LogP contribution is -2.44. The summed E-state index contributed by atoms with van der Waals surface area (Å²) in [6.07, 6.45) is 4.35. The van der Waals surface area contributed by atoms with Crippen LogP contribution in [0.4, 0.5) is 0 Å². The van der Waals surface area contributed by atoms with E-state index in [4.69, 9.17) is 4.74 Å². The predicted octanol–water partition coefficient (Wildman–Crippen LogP) is 1.34. The number of nitrogens with one attached hydrogen (secondary N) is 1. The first-order valence-corrected chi connectivity index (χ1v) is 7.10. The highest BCUT2D eigenvalue weighted by molar-refractivity contribution is 7.09. The molecule has 96 valence electrons. The average molecular weight is 255 g/mol. The third-order valence-electron chi connectivity index (χ3n) is 3.23. The lowest BCUT2D eigenvalue weighted by Gasteiger charge is -2.33. The summed E-state index contributed by atoms with van der Waals surface area (Å²) in [5, 5.41) is 6.67. The van der Waals surface area contributed by atoms with Crippen LogP contribution in [0.25, 0.3) is 0 Å². The maximum Gasteiger partial charge on any atom is 0.107 e. The Bertz CT molecular complexity index is 299. The molecule has 1 fully saturated rings. The number of aromatic nitrogens is 1. The van der Waals surface area contributed by atoms with Crippen molar-refractivity contribution in [2.45, 2.75) is 25.4 Å². The van der Waals surface area contributed by atoms with E-state index in [9.17, 15) is 0 Å². The van der Waals surface area contributed by atoms with E-state index in [0.717, 1.165) is 32.8 Å². The Kier molecular flexibility index (Phi) is 5.38. The van der Waals surface area contributed by atoms with Crippen LogP contribution in [0.3, 0.4) is 0 Å². The molecule has 0 spiro atoms. The molecule has 1 N–H and O–H groups in total. The van der Waals surface area contributed by atoms with Gasteiger partial charge in [-0.2, -0.15) is 0 Å². The Morgan fingerprint density at radius 3 is 3.00 bits per heavy atom. The number of rotatable bonds is 6. The van der Waals surface area contributed by atoms with Crippen molar-refractivity contribution in [3.8, 4) is 0 Å². The fourth-order valence-electron chi connectivity index (χ4n) is 2.28. The standard InChI is InChI=1S/C12H21N3OS/c1-16-8-7-15(10-12-14-6-9-17-12)11-2-4-13-5-3-11/h6,9,11,13H,2-5,7-8,10H2,1H3. The van der Waals surface area contributed by atoms with Crippen LogP contribution in [0.5, 0.6) is 0 Å². The normalized spacial score (nSPS) is 17.8. The minimum absolute atomic E-state index is 0.676. The average Bonchev–Trinajstić information content (AvgIpc) is 2.88. The molecule has 2 rings (SSSR count). The van der Waals surface area contributed by atoms with Crippen molar-refractivity contribution in [1.29, 1.82) is 0 Å². The molecular weight excluding hydrogens is 234 g/mol. The first-order chi connectivity index (χ1) is 8.40. The van der Waals surface area contributed by atoms with E-state index in [1.54, 1.807) is 18.4 Å². The molecule has 5 heteroatoms. The monoisotopic (exact) mass is 255 g/mol. The summed E-state index contributed by atoms with van der Waals surface area (Å²) in [5.41, 5.74) is 0. The molecule has 0 unspecified atom stereocenters. The van der Waals surface area contributed by atoms with Crippen molar-refractivity contribution in [3.63, 3.8) is 0 Å². The summed E-state index contributed by atoms with van der Waals surface area (Å²) in [7, 11) is 1.77. The van der Waals surface area contributed by atoms with Crippen LogP contribution in [0.15, 0.2) is 11.6 Å². The van der Waals surface area contributed by atoms with Crippen LogP contribution >= 0.6 is 11.3 Å². The van der Waals surface area contributed by atoms with Gasteiger partial charge in [0.15, 0.2) is 0 Å². The highest BCUT2D eigenvalue weighted by Gasteiger charge is 2.21. The van der Waals surface area contributed by atoms with Gasteiger partial charge in [-0.15, -0.1) is 11.3 Å². The molecule has 0 aliphatic carbocycles. The second kappa shape index (κ2) is 7.06. The molecule has 0 radical (unpaired) electrons. The van der Waals surface area contributed by atoms with Crippen LogP contribution in [-0.4, -0.2) is 49.3 Å². The zero-order valence-electron chi connectivity index (χ0n) is 10.4. The molecule has 1 aromatic rings. The largest absolute Gasteiger partial charge is 0.383 e. The SMILES string of the molecule is COCCN(Cc1nccs1)C1CCNCC1. The molecule has 1 aromatic heterocycles. The third kappa shape index (κ3) is 4.03. The summed E-state index contributed by atoms with van der Waals surface area (Å²) in [6.45, 7) is 5.03. The summed E-state index contributed by atoms with van der Waals surface area (Å²) in [4.78, 5) is 6.90. The van der Waals surface area contributed by atoms with Gasteiger partial charge in [0.1, 0.15) is 5.01 Å². The van der Waals surface area contributed by atoms with Gasteiger partial charge in [-0.3, -0.25) is 4.90 Å². The fraction of sp³-hybridized carbons (Fsp3) is 0.750. The quantitative estimate of drug-likeness (QED) is 0.832. The van der Waals surface area contributed by atoms with Gasteiger partial charge < -0.3 is 10.1 Å². The van der Waals surface area contributed by atoms with Gasteiger partial charge in [-0.05, 0) is 25.9 Å². The number of piperidine rings is 1. The maximum absolute atomic E-state index is 5.21. The van der Waals surface area contributed by atoms with E-state index in [0.29, 0.717) is 6.04 Å². The molecule has 1 aliphatic rings. The van der Waals surface area contributed by atoms with Gasteiger partial charge in [-0.1, -0.05) is 0 Å². The van der Waals surface area contributed by atoms with Crippen molar-refractivity contribution in [3.05, 3.63) is 16.6 Å². The predicted molar refractivity (Wildman–Crippen MR) is 70.3 cm³/mol. The van der Waals surface area contributed by atoms with Crippen LogP contribution in [0, 0.1) is 0 Å². The molecule has 17 heavy (non-hydrogen) atoms. The molecule has 1 saturated heterocycles. The lowest BCUT2D eigenvalue weighted by atomic mass is 10.0. The highest BCUT2D eigenvalue weighted by atomic mass is 32.1. The zero-order chi connectivity index (χ0) is 11.9. The van der Waals surface area contributed by atoms with E-state index in [2.05, 4.69) is 15.2 Å². The first-order valence-electron chi connectivity index (χ1n) is 6.22. The zero-order valence-corrected chi connectivity index (χ0v) is 11.2. The molecule has 1 aliphatic heterocycles. The molecule has 4 nitrogen and oxygen atoms in total. The third-order valence-corrected chi connectivity index (χ3v) is 3.99. The summed E-state index contributed by atoms with van der Waals surface area (Å²) in [6, 6.07) is 0.676. The molecule has 0 aromatic carbocycles. The number of methoxy groups -OCH3 is 1. The van der Waals surface area contributed by atoms with Gasteiger partial charge in [0, 0.05) is 31.3 Å². The second-order valence-electron chi connectivity index (χ2n) is 4.37. The van der Waals surface area contributed by atoms with Crippen LogP contribution in [0.2, 0.25) is 0 Å². The molecule has 0 saturated carbocycles. The lowest BCUT2D eigenvalue weighted by molar-refractivity contribution is 0.0995. The van der Waals surface area contributed by atoms with E-state index in [-0.39, 0.29) is 0 Å². The van der Waals surface area contributed by atoms with Crippen molar-refractivity contribution in [1.82, 2.24) is 15.2 Å². The molecular formula is C12H21N3OS. The van der Waals surface area contributed by atoms with Crippen LogP contribution < -0.4 is 5.32 Å². The Balaban J connectivity index is 1.91. The molecule has 0 amide bonds. The second-order valence-corrected chi connectivity index (χ2v) is 5.35. The molecule has 0 atom stereocenters. The van der Waals surface area contributed by atoms with Crippen molar-refractivity contribution >= 4 is 11.3 Å². The van der Waals surface area contributed by atoms with E-state index in [1.807, 2.05) is 11.6 Å². The Hall–Kier alpha value is -0.490. The molecule has 2 heterocycles. The van der Waals surface area contributed by atoms with Crippen LogP contribution in [-0.2, 0) is 11.3 Å². The van der Waals surface area contributed by atoms with Crippen molar-refractivity contribution < 1.29 is 4.74 Å². The van der Waals surface area contributed by atoms with Gasteiger partial charge in [0.05, 0.1) is 13.2 Å². The number of ether oxygens (including phenoxy) is 1. The fourth-order valence-corrected chi connectivity index (χ4v) is 2.92. The van der Waals surface area contributed by atoms with Crippen LogP contribution in [0.1, 0.15) is 17.8 Å². The highest BCUT2D eigenvalue weighted by Crippen LogP contribution is 2.16. The van der Waals surface area contributed by atoms with Crippen molar-refractivity contribution in [2.75, 3.05) is 33.4 Å². The number of nitrogens with zero attached hydrogens (tertiary/aromatic N) is 2. The van der Waals surface area contributed by atoms with E-state index in [1.165, 1.54) is 17.8 Å². The van der Waals surface area contributed by atoms with Gasteiger partial charge in [0.25, 0.3) is 0 Å². The minimum atomic E-state index is 0.676. The van der Waals surface area contributed by atoms with E-state index < -0.39 is 0 Å². The molecule has 0 bridgehead atoms. The summed E-state index contributed by atoms with van der Waals surface area (Å²) < 4.78 is 5.21. The van der Waals surface area contributed by atoms with Gasteiger partial charge in [0.2, 0.25) is 0 Å². The van der Waals surface area contributed by atoms with Gasteiger partial charge in [-0.25, -0.2) is 4.98 Å². The summed E-state index contributed by atoms with van der Waals surface area (Å²) >= 11 is 1.74. The first kappa shape index (κ1) is 13.0. The summed E-state index contributed by atoms with van der Waals surface area (Å²) in [5.74, 6) is 0. The minimum Gasteiger partial charge on any atom is -0.383 e. The Morgan fingerprint density at radius 1 is 1.53 bits per heavy atom. The Labute approximate surface area is 107 Å².